The summed E-state index contributed by atoms with van der Waals surface area (Å²) in [5, 5.41) is 2.89. The van der Waals surface area contributed by atoms with Gasteiger partial charge in [0.15, 0.2) is 11.5 Å². The summed E-state index contributed by atoms with van der Waals surface area (Å²) >= 11 is 0. The van der Waals surface area contributed by atoms with Crippen LogP contribution in [0.4, 0.5) is 5.69 Å². The molecular formula is C26H33N3O4. The lowest BCUT2D eigenvalue weighted by Gasteiger charge is -2.22. The number of nitrogens with two attached hydrogens (primary N) is 1. The molecule has 1 aliphatic rings. The number of amides is 2. The van der Waals surface area contributed by atoms with Crippen molar-refractivity contribution >= 4 is 23.6 Å². The first-order chi connectivity index (χ1) is 15.9. The second kappa shape index (κ2) is 11.5. The van der Waals surface area contributed by atoms with Crippen molar-refractivity contribution in [2.45, 2.75) is 39.3 Å². The summed E-state index contributed by atoms with van der Waals surface area (Å²) in [4.78, 5) is 26.2. The van der Waals surface area contributed by atoms with E-state index in [9.17, 15) is 9.59 Å². The number of likely N-dealkylation sites (tertiary alicyclic amines) is 1. The molecule has 0 saturated carbocycles. The smallest absolute Gasteiger partial charge is 0.248 e. The van der Waals surface area contributed by atoms with Gasteiger partial charge in [-0.05, 0) is 66.8 Å². The van der Waals surface area contributed by atoms with Crippen molar-refractivity contribution in [2.24, 2.45) is 11.7 Å². The van der Waals surface area contributed by atoms with Gasteiger partial charge < -0.3 is 20.5 Å². The van der Waals surface area contributed by atoms with Crippen LogP contribution in [0.25, 0.3) is 6.08 Å². The maximum atomic E-state index is 12.5. The molecular weight excluding hydrogens is 418 g/mol. The van der Waals surface area contributed by atoms with Crippen molar-refractivity contribution < 1.29 is 19.1 Å². The minimum Gasteiger partial charge on any atom is -0.493 e. The van der Waals surface area contributed by atoms with Gasteiger partial charge in [0.25, 0.3) is 0 Å². The van der Waals surface area contributed by atoms with Crippen molar-refractivity contribution in [1.29, 1.82) is 0 Å². The van der Waals surface area contributed by atoms with Gasteiger partial charge in [-0.15, -0.1) is 0 Å². The summed E-state index contributed by atoms with van der Waals surface area (Å²) in [5.74, 6) is 1.21. The van der Waals surface area contributed by atoms with Crippen LogP contribution in [0.3, 0.4) is 0 Å². The lowest BCUT2D eigenvalue weighted by molar-refractivity contribution is -0.122. The van der Waals surface area contributed by atoms with Crippen LogP contribution in [0.1, 0.15) is 37.8 Å². The molecule has 0 aromatic heterocycles. The number of carbonyl (C=O) groups excluding carboxylic acids is 2. The van der Waals surface area contributed by atoms with Crippen molar-refractivity contribution in [3.8, 4) is 11.5 Å². The SMILES string of the molecule is COc1cc(/C=C/C(=O)Nc2cccc(CN3CCC[C@H]3C(N)=O)c2)ccc1OCC(C)C. The van der Waals surface area contributed by atoms with Crippen molar-refractivity contribution in [3.05, 3.63) is 59.7 Å². The van der Waals surface area contributed by atoms with E-state index in [0.29, 0.717) is 36.3 Å². The van der Waals surface area contributed by atoms with Crippen LogP contribution in [-0.2, 0) is 16.1 Å². The Hall–Kier alpha value is -3.32. The van der Waals surface area contributed by atoms with Crippen LogP contribution >= 0.6 is 0 Å². The van der Waals surface area contributed by atoms with Gasteiger partial charge in [0.05, 0.1) is 19.8 Å². The monoisotopic (exact) mass is 451 g/mol. The number of carbonyl (C=O) groups is 2. The van der Waals surface area contributed by atoms with E-state index in [0.717, 1.165) is 30.5 Å². The van der Waals surface area contributed by atoms with Crippen LogP contribution in [0, 0.1) is 5.92 Å². The molecule has 1 heterocycles. The number of methoxy groups -OCH3 is 1. The first-order valence-electron chi connectivity index (χ1n) is 11.3. The minimum atomic E-state index is -0.279. The molecule has 1 saturated heterocycles. The molecule has 7 heteroatoms. The van der Waals surface area contributed by atoms with Gasteiger partial charge in [-0.25, -0.2) is 0 Å². The molecule has 33 heavy (non-hydrogen) atoms. The molecule has 0 unspecified atom stereocenters. The Balaban J connectivity index is 1.60. The maximum Gasteiger partial charge on any atom is 0.248 e. The molecule has 1 fully saturated rings. The third-order valence-electron chi connectivity index (χ3n) is 5.46. The van der Waals surface area contributed by atoms with Crippen LogP contribution in [0.2, 0.25) is 0 Å². The molecule has 1 aliphatic heterocycles. The Labute approximate surface area is 195 Å². The summed E-state index contributed by atoms with van der Waals surface area (Å²) in [6, 6.07) is 13.0. The van der Waals surface area contributed by atoms with Crippen LogP contribution in [0.15, 0.2) is 48.5 Å². The van der Waals surface area contributed by atoms with Crippen molar-refractivity contribution in [2.75, 3.05) is 25.6 Å². The number of primary amides is 1. The van der Waals surface area contributed by atoms with Crippen LogP contribution < -0.4 is 20.5 Å². The van der Waals surface area contributed by atoms with E-state index in [4.69, 9.17) is 15.2 Å². The molecule has 0 radical (unpaired) electrons. The number of nitrogens with zero attached hydrogens (tertiary/aromatic N) is 1. The summed E-state index contributed by atoms with van der Waals surface area (Å²) in [5.41, 5.74) is 8.07. The Kier molecular flexibility index (Phi) is 8.49. The fraction of sp³-hybridized carbons (Fsp3) is 0.385. The zero-order valence-corrected chi connectivity index (χ0v) is 19.5. The number of hydrogen-bond acceptors (Lipinski definition) is 5. The van der Waals surface area contributed by atoms with E-state index in [-0.39, 0.29) is 17.9 Å². The third kappa shape index (κ3) is 7.08. The Bertz CT molecular complexity index is 1000. The summed E-state index contributed by atoms with van der Waals surface area (Å²) < 4.78 is 11.2. The van der Waals surface area contributed by atoms with E-state index in [1.54, 1.807) is 13.2 Å². The molecule has 176 valence electrons. The standard InChI is InChI=1S/C26H33N3O4/c1-18(2)17-33-23-11-9-19(15-24(23)32-3)10-12-25(30)28-21-7-4-6-20(14-21)16-29-13-5-8-22(29)26(27)31/h4,6-7,9-12,14-15,18,22H,5,8,13,16-17H2,1-3H3,(H2,27,31)(H,28,30)/b12-10+/t22-/m0/s1. The fourth-order valence-corrected chi connectivity index (χ4v) is 3.84. The van der Waals surface area contributed by atoms with E-state index < -0.39 is 0 Å². The number of anilines is 1. The Morgan fingerprint density at radius 2 is 2.03 bits per heavy atom. The maximum absolute atomic E-state index is 12.5. The van der Waals surface area contributed by atoms with Crippen molar-refractivity contribution in [3.63, 3.8) is 0 Å². The van der Waals surface area contributed by atoms with Gasteiger partial charge in [0.1, 0.15) is 0 Å². The molecule has 2 aromatic carbocycles. The molecule has 7 nitrogen and oxygen atoms in total. The molecule has 0 aliphatic carbocycles. The lowest BCUT2D eigenvalue weighted by Crippen LogP contribution is -2.39. The second-order valence-electron chi connectivity index (χ2n) is 8.67. The highest BCUT2D eigenvalue weighted by atomic mass is 16.5. The van der Waals surface area contributed by atoms with Gasteiger partial charge in [0, 0.05) is 18.3 Å². The van der Waals surface area contributed by atoms with Crippen LogP contribution in [0.5, 0.6) is 11.5 Å². The average molecular weight is 452 g/mol. The van der Waals surface area contributed by atoms with Gasteiger partial charge in [-0.1, -0.05) is 32.0 Å². The number of benzene rings is 2. The summed E-state index contributed by atoms with van der Waals surface area (Å²) in [7, 11) is 1.60. The first-order valence-corrected chi connectivity index (χ1v) is 11.3. The molecule has 1 atom stereocenters. The quantitative estimate of drug-likeness (QED) is 0.536. The molecule has 2 aromatic rings. The molecule has 0 spiro atoms. The van der Waals surface area contributed by atoms with Gasteiger partial charge >= 0.3 is 0 Å². The van der Waals surface area contributed by atoms with Gasteiger partial charge in [-0.3, -0.25) is 14.5 Å². The van der Waals surface area contributed by atoms with Crippen molar-refractivity contribution in [1.82, 2.24) is 4.90 Å². The molecule has 3 N–H and O–H groups in total. The molecule has 0 bridgehead atoms. The van der Waals surface area contributed by atoms with E-state index in [1.807, 2.05) is 42.5 Å². The number of hydrogen-bond donors (Lipinski definition) is 2. The zero-order chi connectivity index (χ0) is 23.8. The highest BCUT2D eigenvalue weighted by molar-refractivity contribution is 6.02. The summed E-state index contributed by atoms with van der Waals surface area (Å²) in [6.45, 7) is 6.24. The lowest BCUT2D eigenvalue weighted by atomic mass is 10.1. The largest absolute Gasteiger partial charge is 0.493 e. The first kappa shape index (κ1) is 24.3. The van der Waals surface area contributed by atoms with Gasteiger partial charge in [0.2, 0.25) is 11.8 Å². The average Bonchev–Trinajstić information content (AvgIpc) is 3.25. The third-order valence-corrected chi connectivity index (χ3v) is 5.46. The highest BCUT2D eigenvalue weighted by Crippen LogP contribution is 2.29. The molecule has 3 rings (SSSR count). The van der Waals surface area contributed by atoms with E-state index in [2.05, 4.69) is 24.1 Å². The van der Waals surface area contributed by atoms with E-state index in [1.165, 1.54) is 6.08 Å². The zero-order valence-electron chi connectivity index (χ0n) is 19.5. The Morgan fingerprint density at radius 3 is 2.76 bits per heavy atom. The number of ether oxygens (including phenoxy) is 2. The Morgan fingerprint density at radius 1 is 1.21 bits per heavy atom. The molecule has 2 amide bonds. The van der Waals surface area contributed by atoms with Crippen LogP contribution in [-0.4, -0.2) is 43.0 Å². The van der Waals surface area contributed by atoms with Gasteiger partial charge in [-0.2, -0.15) is 0 Å². The highest BCUT2D eigenvalue weighted by Gasteiger charge is 2.28. The minimum absolute atomic E-state index is 0.217. The van der Waals surface area contributed by atoms with E-state index >= 15 is 0 Å². The topological polar surface area (TPSA) is 93.9 Å². The number of nitrogens with one attached hydrogen (secondary N) is 1. The predicted molar refractivity (Wildman–Crippen MR) is 130 cm³/mol. The predicted octanol–water partition coefficient (Wildman–Crippen LogP) is 3.83. The normalized spacial score (nSPS) is 16.3. The fourth-order valence-electron chi connectivity index (χ4n) is 3.84. The second-order valence-corrected chi connectivity index (χ2v) is 8.67. The number of rotatable bonds is 10. The summed E-state index contributed by atoms with van der Waals surface area (Å²) in [6.07, 6.45) is 4.98.